The molecule has 0 spiro atoms. The Morgan fingerprint density at radius 3 is 2.78 bits per heavy atom. The molecule has 0 bridgehead atoms. The lowest BCUT2D eigenvalue weighted by Gasteiger charge is -2.30. The maximum Gasteiger partial charge on any atom is 0.138 e. The normalized spacial score (nSPS) is 24.3. The standard InChI is InChI=1S/C15H22ClNO/c1-10(2)18-15-5-4-12(8-14(15)16)13-6-7-17-9-11(13)3/h4-5,8,10-11,13,17H,6-7,9H2,1-3H3/t11-,13+/m1/s1. The number of hydrogen-bond donors (Lipinski definition) is 1. The molecule has 1 aromatic rings. The second-order valence-electron chi connectivity index (χ2n) is 5.43. The summed E-state index contributed by atoms with van der Waals surface area (Å²) in [6, 6.07) is 6.24. The topological polar surface area (TPSA) is 21.3 Å². The highest BCUT2D eigenvalue weighted by molar-refractivity contribution is 6.32. The third-order valence-electron chi connectivity index (χ3n) is 3.53. The smallest absolute Gasteiger partial charge is 0.138 e. The third kappa shape index (κ3) is 3.18. The van der Waals surface area contributed by atoms with Gasteiger partial charge < -0.3 is 10.1 Å². The van der Waals surface area contributed by atoms with Crippen molar-refractivity contribution in [2.45, 2.75) is 39.2 Å². The average Bonchev–Trinajstić information content (AvgIpc) is 2.32. The van der Waals surface area contributed by atoms with Crippen LogP contribution in [0.25, 0.3) is 0 Å². The van der Waals surface area contributed by atoms with Crippen molar-refractivity contribution >= 4 is 11.6 Å². The van der Waals surface area contributed by atoms with Gasteiger partial charge in [-0.15, -0.1) is 0 Å². The van der Waals surface area contributed by atoms with E-state index in [2.05, 4.69) is 24.4 Å². The highest BCUT2D eigenvalue weighted by Gasteiger charge is 2.23. The highest BCUT2D eigenvalue weighted by Crippen LogP contribution is 2.34. The lowest BCUT2D eigenvalue weighted by molar-refractivity contribution is 0.242. The van der Waals surface area contributed by atoms with Crippen LogP contribution in [0.4, 0.5) is 0 Å². The molecular formula is C15H22ClNO. The second kappa shape index (κ2) is 5.94. The van der Waals surface area contributed by atoms with Crippen molar-refractivity contribution in [3.05, 3.63) is 28.8 Å². The molecule has 1 fully saturated rings. The summed E-state index contributed by atoms with van der Waals surface area (Å²) >= 11 is 6.30. The first-order valence-corrected chi connectivity index (χ1v) is 7.12. The molecule has 1 aliphatic rings. The number of nitrogens with one attached hydrogen (secondary N) is 1. The molecule has 2 atom stereocenters. The van der Waals surface area contributed by atoms with E-state index in [4.69, 9.17) is 16.3 Å². The molecule has 1 aromatic carbocycles. The van der Waals surface area contributed by atoms with Gasteiger partial charge in [-0.3, -0.25) is 0 Å². The number of rotatable bonds is 3. The molecule has 0 saturated carbocycles. The van der Waals surface area contributed by atoms with E-state index in [0.717, 1.165) is 23.9 Å². The summed E-state index contributed by atoms with van der Waals surface area (Å²) in [5, 5.41) is 4.16. The van der Waals surface area contributed by atoms with Crippen LogP contribution in [0.5, 0.6) is 5.75 Å². The first-order chi connectivity index (χ1) is 8.58. The Balaban J connectivity index is 2.17. The molecule has 0 unspecified atom stereocenters. The number of piperidine rings is 1. The Hall–Kier alpha value is -0.730. The minimum atomic E-state index is 0.158. The summed E-state index contributed by atoms with van der Waals surface area (Å²) < 4.78 is 5.67. The minimum absolute atomic E-state index is 0.158. The molecule has 0 radical (unpaired) electrons. The van der Waals surface area contributed by atoms with Crippen molar-refractivity contribution in [3.63, 3.8) is 0 Å². The van der Waals surface area contributed by atoms with Crippen LogP contribution in [0.15, 0.2) is 18.2 Å². The molecule has 1 heterocycles. The van der Waals surface area contributed by atoms with E-state index in [1.165, 1.54) is 12.0 Å². The largest absolute Gasteiger partial charge is 0.489 e. The first-order valence-electron chi connectivity index (χ1n) is 6.74. The van der Waals surface area contributed by atoms with Gasteiger partial charge in [0.2, 0.25) is 0 Å². The fourth-order valence-corrected chi connectivity index (χ4v) is 2.84. The summed E-state index contributed by atoms with van der Waals surface area (Å²) in [5.41, 5.74) is 1.34. The number of hydrogen-bond acceptors (Lipinski definition) is 2. The van der Waals surface area contributed by atoms with Crippen LogP contribution in [-0.4, -0.2) is 19.2 Å². The molecule has 1 aliphatic heterocycles. The fourth-order valence-electron chi connectivity index (χ4n) is 2.61. The van der Waals surface area contributed by atoms with E-state index in [1.807, 2.05) is 19.9 Å². The molecule has 1 N–H and O–H groups in total. The zero-order chi connectivity index (χ0) is 13.1. The zero-order valence-electron chi connectivity index (χ0n) is 11.4. The monoisotopic (exact) mass is 267 g/mol. The van der Waals surface area contributed by atoms with E-state index in [9.17, 15) is 0 Å². The quantitative estimate of drug-likeness (QED) is 0.898. The van der Waals surface area contributed by atoms with Crippen molar-refractivity contribution in [3.8, 4) is 5.75 Å². The van der Waals surface area contributed by atoms with Crippen LogP contribution in [0.1, 0.15) is 38.7 Å². The van der Waals surface area contributed by atoms with Crippen LogP contribution in [0, 0.1) is 5.92 Å². The Bertz CT molecular complexity index is 405. The van der Waals surface area contributed by atoms with Gasteiger partial charge in [-0.1, -0.05) is 24.6 Å². The molecule has 0 aromatic heterocycles. The number of halogens is 1. The van der Waals surface area contributed by atoms with Gasteiger partial charge in [-0.25, -0.2) is 0 Å². The average molecular weight is 268 g/mol. The lowest BCUT2D eigenvalue weighted by Crippen LogP contribution is -2.33. The van der Waals surface area contributed by atoms with Gasteiger partial charge >= 0.3 is 0 Å². The van der Waals surface area contributed by atoms with Gasteiger partial charge in [0.05, 0.1) is 11.1 Å². The van der Waals surface area contributed by atoms with Gasteiger partial charge in [0, 0.05) is 0 Å². The fraction of sp³-hybridized carbons (Fsp3) is 0.600. The third-order valence-corrected chi connectivity index (χ3v) is 3.83. The first kappa shape index (κ1) is 13.7. The number of benzene rings is 1. The molecule has 1 saturated heterocycles. The predicted molar refractivity (Wildman–Crippen MR) is 76.6 cm³/mol. The molecule has 2 nitrogen and oxygen atoms in total. The van der Waals surface area contributed by atoms with Crippen molar-refractivity contribution in [2.75, 3.05) is 13.1 Å². The summed E-state index contributed by atoms with van der Waals surface area (Å²) in [6.45, 7) is 8.50. The molecule has 100 valence electrons. The number of ether oxygens (including phenoxy) is 1. The minimum Gasteiger partial charge on any atom is -0.489 e. The Morgan fingerprint density at radius 1 is 1.39 bits per heavy atom. The Morgan fingerprint density at radius 2 is 2.17 bits per heavy atom. The van der Waals surface area contributed by atoms with Crippen LogP contribution >= 0.6 is 11.6 Å². The van der Waals surface area contributed by atoms with Crippen molar-refractivity contribution in [2.24, 2.45) is 5.92 Å². The summed E-state index contributed by atoms with van der Waals surface area (Å²) in [6.07, 6.45) is 1.34. The molecule has 0 aliphatic carbocycles. The van der Waals surface area contributed by atoms with Crippen LogP contribution in [0.3, 0.4) is 0 Å². The Labute approximate surface area is 115 Å². The van der Waals surface area contributed by atoms with Crippen LogP contribution < -0.4 is 10.1 Å². The zero-order valence-corrected chi connectivity index (χ0v) is 12.1. The van der Waals surface area contributed by atoms with Crippen molar-refractivity contribution in [1.29, 1.82) is 0 Å². The van der Waals surface area contributed by atoms with Crippen molar-refractivity contribution in [1.82, 2.24) is 5.32 Å². The maximum absolute atomic E-state index is 6.30. The Kier molecular flexibility index (Phi) is 4.52. The maximum atomic E-state index is 6.30. The molecule has 18 heavy (non-hydrogen) atoms. The van der Waals surface area contributed by atoms with Gasteiger partial charge in [-0.2, -0.15) is 0 Å². The SMILES string of the molecule is CC(C)Oc1ccc([C@H]2CCNC[C@H]2C)cc1Cl. The second-order valence-corrected chi connectivity index (χ2v) is 5.84. The molecule has 3 heteroatoms. The van der Waals surface area contributed by atoms with E-state index >= 15 is 0 Å². The van der Waals surface area contributed by atoms with E-state index in [1.54, 1.807) is 0 Å². The summed E-state index contributed by atoms with van der Waals surface area (Å²) in [5.74, 6) is 2.06. The molecule has 2 rings (SSSR count). The highest BCUT2D eigenvalue weighted by atomic mass is 35.5. The lowest BCUT2D eigenvalue weighted by atomic mass is 9.82. The van der Waals surface area contributed by atoms with Gasteiger partial charge in [0.25, 0.3) is 0 Å². The van der Waals surface area contributed by atoms with E-state index in [0.29, 0.717) is 11.8 Å². The summed E-state index contributed by atoms with van der Waals surface area (Å²) in [7, 11) is 0. The molecule has 0 amide bonds. The van der Waals surface area contributed by atoms with E-state index in [-0.39, 0.29) is 6.10 Å². The molecular weight excluding hydrogens is 246 g/mol. The van der Waals surface area contributed by atoms with Gasteiger partial charge in [-0.05, 0) is 62.9 Å². The summed E-state index contributed by atoms with van der Waals surface area (Å²) in [4.78, 5) is 0. The van der Waals surface area contributed by atoms with Crippen LogP contribution in [0.2, 0.25) is 5.02 Å². The van der Waals surface area contributed by atoms with Crippen molar-refractivity contribution < 1.29 is 4.74 Å². The van der Waals surface area contributed by atoms with Gasteiger partial charge in [0.15, 0.2) is 0 Å². The predicted octanol–water partition coefficient (Wildman–Crippen LogP) is 3.84. The van der Waals surface area contributed by atoms with Gasteiger partial charge in [0.1, 0.15) is 5.75 Å². The van der Waals surface area contributed by atoms with Crippen LogP contribution in [-0.2, 0) is 0 Å². The van der Waals surface area contributed by atoms with E-state index < -0.39 is 0 Å².